The lowest BCUT2D eigenvalue weighted by Crippen LogP contribution is -2.42. The summed E-state index contributed by atoms with van der Waals surface area (Å²) in [5, 5.41) is 9.21. The molecule has 0 atom stereocenters. The summed E-state index contributed by atoms with van der Waals surface area (Å²) < 4.78 is 71.9. The van der Waals surface area contributed by atoms with Gasteiger partial charge in [0, 0.05) is 13.1 Å². The molecule has 1 fully saturated rings. The van der Waals surface area contributed by atoms with Crippen LogP contribution in [0.15, 0.2) is 47.9 Å². The van der Waals surface area contributed by atoms with Crippen molar-refractivity contribution in [2.75, 3.05) is 13.1 Å². The molecule has 2 N–H and O–H groups in total. The average Bonchev–Trinajstić information content (AvgIpc) is 2.78. The minimum Gasteiger partial charge on any atom is -0.490 e. The van der Waals surface area contributed by atoms with Crippen molar-refractivity contribution in [3.8, 4) is 5.75 Å². The molecule has 2 aromatic carbocycles. The van der Waals surface area contributed by atoms with Gasteiger partial charge in [-0.1, -0.05) is 12.6 Å². The van der Waals surface area contributed by atoms with Crippen LogP contribution < -0.4 is 10.2 Å². The molecule has 1 heterocycles. The first kappa shape index (κ1) is 25.7. The monoisotopic (exact) mass is 498 g/mol. The summed E-state index contributed by atoms with van der Waals surface area (Å²) >= 11 is 0. The van der Waals surface area contributed by atoms with Crippen molar-refractivity contribution in [3.05, 3.63) is 65.2 Å². The molecule has 0 saturated carbocycles. The van der Waals surface area contributed by atoms with Crippen LogP contribution in [-0.4, -0.2) is 43.0 Å². The third-order valence-electron chi connectivity index (χ3n) is 5.63. The first-order valence-corrected chi connectivity index (χ1v) is 11.9. The van der Waals surface area contributed by atoms with E-state index >= 15 is 0 Å². The van der Waals surface area contributed by atoms with Crippen LogP contribution in [0.1, 0.15) is 46.8 Å². The van der Waals surface area contributed by atoms with Crippen molar-refractivity contribution >= 4 is 21.5 Å². The number of amides is 1. The zero-order valence-corrected chi connectivity index (χ0v) is 19.5. The number of rotatable bonds is 6. The summed E-state index contributed by atoms with van der Waals surface area (Å²) in [5.74, 6) is -0.693. The van der Waals surface area contributed by atoms with Crippen molar-refractivity contribution in [3.63, 3.8) is 0 Å². The van der Waals surface area contributed by atoms with E-state index in [1.165, 1.54) is 28.0 Å². The number of benzene rings is 2. The second-order valence-electron chi connectivity index (χ2n) is 8.10. The highest BCUT2D eigenvalue weighted by atomic mass is 32.2. The largest absolute Gasteiger partial charge is 0.490 e. The molecule has 3 rings (SSSR count). The van der Waals surface area contributed by atoms with Crippen molar-refractivity contribution in [1.82, 2.24) is 9.79 Å². The Morgan fingerprint density at radius 2 is 1.71 bits per heavy atom. The lowest BCUT2D eigenvalue weighted by molar-refractivity contribution is -0.137. The van der Waals surface area contributed by atoms with E-state index in [9.17, 15) is 31.6 Å². The highest BCUT2D eigenvalue weighted by Crippen LogP contribution is 2.33. The fourth-order valence-electron chi connectivity index (χ4n) is 3.98. The number of sulfonamides is 1. The molecule has 2 aromatic rings. The zero-order chi connectivity index (χ0) is 25.3. The van der Waals surface area contributed by atoms with Gasteiger partial charge in [0.2, 0.25) is 10.0 Å². The maximum atomic E-state index is 13.4. The smallest absolute Gasteiger partial charge is 0.416 e. The van der Waals surface area contributed by atoms with Gasteiger partial charge in [0.05, 0.1) is 16.0 Å². The van der Waals surface area contributed by atoms with Crippen molar-refractivity contribution in [1.29, 1.82) is 0 Å². The number of hydrogen-bond acceptors (Lipinski definition) is 5. The minimum absolute atomic E-state index is 0.0874. The van der Waals surface area contributed by atoms with E-state index in [0.29, 0.717) is 29.5 Å². The van der Waals surface area contributed by atoms with E-state index in [2.05, 4.69) is 6.58 Å². The van der Waals surface area contributed by atoms with Gasteiger partial charge in [-0.05, 0) is 73.7 Å². The molecule has 34 heavy (non-hydrogen) atoms. The van der Waals surface area contributed by atoms with Crippen molar-refractivity contribution in [2.45, 2.75) is 43.9 Å². The van der Waals surface area contributed by atoms with Gasteiger partial charge in [0.1, 0.15) is 11.9 Å². The van der Waals surface area contributed by atoms with E-state index in [0.717, 1.165) is 12.1 Å². The molecule has 0 unspecified atom stereocenters. The minimum atomic E-state index is -4.44. The SMILES string of the molecule is C=C(C)c1c(C)ccc(S(=O)(=O)N2CCC(Oc3ccc(C(F)(F)F)cc3)CC2)c1C(=O)NO. The van der Waals surface area contributed by atoms with Crippen LogP contribution in [0.4, 0.5) is 13.2 Å². The van der Waals surface area contributed by atoms with Gasteiger partial charge >= 0.3 is 6.18 Å². The lowest BCUT2D eigenvalue weighted by atomic mass is 9.96. The van der Waals surface area contributed by atoms with Crippen LogP contribution in [0.3, 0.4) is 0 Å². The second kappa shape index (κ2) is 9.77. The van der Waals surface area contributed by atoms with Crippen molar-refractivity contribution < 1.29 is 36.3 Å². The molecule has 7 nitrogen and oxygen atoms in total. The normalized spacial score (nSPS) is 15.7. The molecule has 11 heteroatoms. The molecule has 0 radical (unpaired) electrons. The number of aryl methyl sites for hydroxylation is 1. The zero-order valence-electron chi connectivity index (χ0n) is 18.6. The quantitative estimate of drug-likeness (QED) is 0.455. The van der Waals surface area contributed by atoms with Gasteiger partial charge in [-0.25, -0.2) is 13.9 Å². The Bertz CT molecular complexity index is 1190. The third kappa shape index (κ3) is 5.26. The molecule has 0 aliphatic carbocycles. The van der Waals surface area contributed by atoms with E-state index in [-0.39, 0.29) is 35.4 Å². The van der Waals surface area contributed by atoms with Gasteiger partial charge in [0.25, 0.3) is 5.91 Å². The maximum Gasteiger partial charge on any atom is 0.416 e. The van der Waals surface area contributed by atoms with Gasteiger partial charge in [-0.2, -0.15) is 17.5 Å². The highest BCUT2D eigenvalue weighted by molar-refractivity contribution is 7.89. The van der Waals surface area contributed by atoms with Crippen LogP contribution in [0.5, 0.6) is 5.75 Å². The maximum absolute atomic E-state index is 13.4. The number of nitrogens with zero attached hydrogens (tertiary/aromatic N) is 1. The Kier molecular flexibility index (Phi) is 7.39. The molecule has 1 amide bonds. The number of piperidine rings is 1. The number of allylic oxidation sites excluding steroid dienone is 1. The van der Waals surface area contributed by atoms with Gasteiger partial charge < -0.3 is 4.74 Å². The summed E-state index contributed by atoms with van der Waals surface area (Å²) in [5.41, 5.74) is 1.99. The topological polar surface area (TPSA) is 95.9 Å². The summed E-state index contributed by atoms with van der Waals surface area (Å²) in [6.45, 7) is 7.34. The molecule has 1 aliphatic rings. The Hall–Kier alpha value is -2.89. The highest BCUT2D eigenvalue weighted by Gasteiger charge is 2.35. The first-order chi connectivity index (χ1) is 15.9. The molecular weight excluding hydrogens is 473 g/mol. The van der Waals surface area contributed by atoms with Crippen molar-refractivity contribution in [2.24, 2.45) is 0 Å². The van der Waals surface area contributed by atoms with Crippen LogP contribution in [0, 0.1) is 6.92 Å². The predicted octanol–water partition coefficient (Wildman–Crippen LogP) is 4.40. The second-order valence-corrected chi connectivity index (χ2v) is 10.0. The number of hydrogen-bond donors (Lipinski definition) is 2. The number of ether oxygens (including phenoxy) is 1. The van der Waals surface area contributed by atoms with E-state index < -0.39 is 27.7 Å². The molecule has 1 aliphatic heterocycles. The van der Waals surface area contributed by atoms with Gasteiger partial charge in [-0.3, -0.25) is 10.0 Å². The number of carbonyl (C=O) groups is 1. The first-order valence-electron chi connectivity index (χ1n) is 10.4. The van der Waals surface area contributed by atoms with Crippen LogP contribution in [0.25, 0.3) is 5.57 Å². The Morgan fingerprint density at radius 3 is 2.21 bits per heavy atom. The standard InChI is InChI=1S/C23H25F3N2O5S/c1-14(2)20-15(3)4-9-19(21(20)22(29)27-30)34(31,32)28-12-10-18(11-13-28)33-17-7-5-16(6-8-17)23(24,25)26/h4-9,18,30H,1,10-13H2,2-3H3,(H,27,29). The Morgan fingerprint density at radius 1 is 1.12 bits per heavy atom. The number of halogens is 3. The van der Waals surface area contributed by atoms with Crippen LogP contribution in [0.2, 0.25) is 0 Å². The number of nitrogens with one attached hydrogen (secondary N) is 1. The fourth-order valence-corrected chi connectivity index (χ4v) is 5.64. The Balaban J connectivity index is 1.78. The average molecular weight is 499 g/mol. The molecule has 0 spiro atoms. The van der Waals surface area contributed by atoms with Gasteiger partial charge in [0.15, 0.2) is 0 Å². The number of alkyl halides is 3. The predicted molar refractivity (Wildman–Crippen MR) is 119 cm³/mol. The van der Waals surface area contributed by atoms with E-state index in [1.807, 2.05) is 0 Å². The Labute approximate surface area is 195 Å². The molecule has 1 saturated heterocycles. The summed E-state index contributed by atoms with van der Waals surface area (Å²) in [6.07, 6.45) is -4.21. The number of carbonyl (C=O) groups excluding carboxylic acids is 1. The van der Waals surface area contributed by atoms with E-state index in [1.54, 1.807) is 19.9 Å². The van der Waals surface area contributed by atoms with Gasteiger partial charge in [-0.15, -0.1) is 0 Å². The summed E-state index contributed by atoms with van der Waals surface area (Å²) in [6, 6.07) is 7.23. The van der Waals surface area contributed by atoms with Crippen LogP contribution >= 0.6 is 0 Å². The third-order valence-corrected chi connectivity index (χ3v) is 7.58. The molecule has 0 aromatic heterocycles. The molecule has 184 valence electrons. The number of hydroxylamine groups is 1. The van der Waals surface area contributed by atoms with Crippen LogP contribution in [-0.2, 0) is 16.2 Å². The molecular formula is C23H25F3N2O5S. The molecule has 0 bridgehead atoms. The lowest BCUT2D eigenvalue weighted by Gasteiger charge is -2.32. The fraction of sp³-hybridized carbons (Fsp3) is 0.348. The summed E-state index contributed by atoms with van der Waals surface area (Å²) in [4.78, 5) is 12.2. The van der Waals surface area contributed by atoms with E-state index in [4.69, 9.17) is 4.74 Å². The summed E-state index contributed by atoms with van der Waals surface area (Å²) in [7, 11) is -4.10.